The van der Waals surface area contributed by atoms with Crippen molar-refractivity contribution in [1.29, 1.82) is 0 Å². The Hall–Kier alpha value is -1.04. The summed E-state index contributed by atoms with van der Waals surface area (Å²) in [7, 11) is 0. The van der Waals surface area contributed by atoms with E-state index in [1.807, 2.05) is 0 Å². The van der Waals surface area contributed by atoms with Crippen molar-refractivity contribution in [2.75, 3.05) is 13.1 Å². The van der Waals surface area contributed by atoms with E-state index in [1.165, 1.54) is 11.0 Å². The summed E-state index contributed by atoms with van der Waals surface area (Å²) in [6.45, 7) is 0.0584. The Bertz CT molecular complexity index is 483. The number of rotatable bonds is 2. The number of amides is 1. The molecule has 1 aromatic carbocycles. The van der Waals surface area contributed by atoms with Gasteiger partial charge in [-0.15, -0.1) is 0 Å². The fourth-order valence-electron chi connectivity index (χ4n) is 2.04. The summed E-state index contributed by atoms with van der Waals surface area (Å²) in [6, 6.07) is 4.71. The topological polar surface area (TPSA) is 20.3 Å². The lowest BCUT2D eigenvalue weighted by Gasteiger charge is -2.31. The molecule has 2 rings (SSSR count). The van der Waals surface area contributed by atoms with Gasteiger partial charge < -0.3 is 4.90 Å². The van der Waals surface area contributed by atoms with E-state index in [1.54, 1.807) is 12.1 Å². The summed E-state index contributed by atoms with van der Waals surface area (Å²) in [5.74, 6) is -3.47. The van der Waals surface area contributed by atoms with Crippen LogP contribution >= 0.6 is 15.9 Å². The second-order valence-electron chi connectivity index (χ2n) is 4.63. The highest BCUT2D eigenvalue weighted by Gasteiger charge is 2.35. The van der Waals surface area contributed by atoms with Gasteiger partial charge in [-0.05, 0) is 27.6 Å². The quantitative estimate of drug-likeness (QED) is 0.811. The summed E-state index contributed by atoms with van der Waals surface area (Å²) in [4.78, 5) is 13.3. The van der Waals surface area contributed by atoms with E-state index >= 15 is 0 Å². The molecule has 0 bridgehead atoms. The second kappa shape index (κ2) is 5.53. The van der Waals surface area contributed by atoms with Crippen molar-refractivity contribution in [3.8, 4) is 0 Å². The Labute approximate surface area is 117 Å². The van der Waals surface area contributed by atoms with Gasteiger partial charge >= 0.3 is 0 Å². The van der Waals surface area contributed by atoms with Gasteiger partial charge in [-0.2, -0.15) is 0 Å². The first kappa shape index (κ1) is 14.4. The van der Waals surface area contributed by atoms with Gasteiger partial charge in [0.05, 0.1) is 10.9 Å². The van der Waals surface area contributed by atoms with Crippen molar-refractivity contribution in [3.63, 3.8) is 0 Å². The predicted molar refractivity (Wildman–Crippen MR) is 68.6 cm³/mol. The zero-order valence-electron chi connectivity index (χ0n) is 10.1. The maximum Gasteiger partial charge on any atom is 0.251 e. The molecule has 0 unspecified atom stereocenters. The highest BCUT2D eigenvalue weighted by atomic mass is 79.9. The van der Waals surface area contributed by atoms with Crippen LogP contribution in [0.25, 0.3) is 0 Å². The third-order valence-electron chi connectivity index (χ3n) is 3.22. The van der Waals surface area contributed by atoms with Gasteiger partial charge in [-0.3, -0.25) is 4.79 Å². The molecule has 0 saturated carbocycles. The number of likely N-dealkylation sites (tertiary alicyclic amines) is 1. The molecule has 1 aliphatic rings. The average Bonchev–Trinajstić information content (AvgIpc) is 2.35. The van der Waals surface area contributed by atoms with Gasteiger partial charge in [-0.25, -0.2) is 13.2 Å². The molecule has 1 aromatic rings. The van der Waals surface area contributed by atoms with Crippen LogP contribution in [-0.4, -0.2) is 29.8 Å². The van der Waals surface area contributed by atoms with E-state index in [4.69, 9.17) is 0 Å². The van der Waals surface area contributed by atoms with E-state index < -0.39 is 11.7 Å². The molecule has 104 valence electrons. The van der Waals surface area contributed by atoms with E-state index in [-0.39, 0.29) is 43.8 Å². The number of piperidine rings is 1. The highest BCUT2D eigenvalue weighted by molar-refractivity contribution is 9.10. The average molecular weight is 336 g/mol. The summed E-state index contributed by atoms with van der Waals surface area (Å²) in [6.07, 6.45) is -0.740. The molecule has 2 nitrogen and oxygen atoms in total. The Kier molecular flexibility index (Phi) is 4.18. The normalized spacial score (nSPS) is 18.4. The van der Waals surface area contributed by atoms with Gasteiger partial charge in [0.1, 0.15) is 5.82 Å². The van der Waals surface area contributed by atoms with Crippen LogP contribution in [0.15, 0.2) is 22.7 Å². The van der Waals surface area contributed by atoms with E-state index in [9.17, 15) is 18.0 Å². The van der Waals surface area contributed by atoms with E-state index in [0.717, 1.165) is 0 Å². The number of hydrogen-bond donors (Lipinski definition) is 0. The van der Waals surface area contributed by atoms with Crippen LogP contribution in [0.3, 0.4) is 0 Å². The first-order valence-corrected chi connectivity index (χ1v) is 6.77. The van der Waals surface area contributed by atoms with Crippen LogP contribution in [-0.2, 0) is 11.2 Å². The van der Waals surface area contributed by atoms with Crippen LogP contribution in [0.4, 0.5) is 13.2 Å². The molecule has 1 saturated heterocycles. The fraction of sp³-hybridized carbons (Fsp3) is 0.462. The predicted octanol–water partition coefficient (Wildman–Crippen LogP) is 3.39. The van der Waals surface area contributed by atoms with Gasteiger partial charge in [0, 0.05) is 25.9 Å². The van der Waals surface area contributed by atoms with Crippen LogP contribution in [0, 0.1) is 5.82 Å². The van der Waals surface area contributed by atoms with Crippen LogP contribution in [0.5, 0.6) is 0 Å². The number of benzene rings is 1. The number of carbonyl (C=O) groups is 1. The second-order valence-corrected chi connectivity index (χ2v) is 5.48. The lowest BCUT2D eigenvalue weighted by atomic mass is 10.1. The number of alkyl halides is 2. The minimum Gasteiger partial charge on any atom is -0.342 e. The lowest BCUT2D eigenvalue weighted by molar-refractivity contribution is -0.136. The molecular weight excluding hydrogens is 323 g/mol. The third-order valence-corrected chi connectivity index (χ3v) is 3.83. The summed E-state index contributed by atoms with van der Waals surface area (Å²) < 4.78 is 40.0. The lowest BCUT2D eigenvalue weighted by Crippen LogP contribution is -2.43. The van der Waals surface area contributed by atoms with Crippen molar-refractivity contribution in [1.82, 2.24) is 4.90 Å². The molecule has 1 fully saturated rings. The molecular formula is C13H13BrF3NO. The molecule has 1 heterocycles. The number of hydrogen-bond acceptors (Lipinski definition) is 1. The number of carbonyl (C=O) groups excluding carboxylic acids is 1. The summed E-state index contributed by atoms with van der Waals surface area (Å²) in [5.41, 5.74) is 0.275. The highest BCUT2D eigenvalue weighted by Crippen LogP contribution is 2.28. The summed E-state index contributed by atoms with van der Waals surface area (Å²) >= 11 is 3.05. The molecule has 0 atom stereocenters. The van der Waals surface area contributed by atoms with Crippen molar-refractivity contribution in [3.05, 3.63) is 34.1 Å². The van der Waals surface area contributed by atoms with Crippen molar-refractivity contribution >= 4 is 21.8 Å². The molecule has 0 radical (unpaired) electrons. The summed E-state index contributed by atoms with van der Waals surface area (Å²) in [5, 5.41) is 0. The Morgan fingerprint density at radius 1 is 1.32 bits per heavy atom. The zero-order chi connectivity index (χ0) is 14.0. The van der Waals surface area contributed by atoms with Crippen LogP contribution in [0.2, 0.25) is 0 Å². The minimum atomic E-state index is -2.68. The van der Waals surface area contributed by atoms with Crippen LogP contribution < -0.4 is 0 Å². The largest absolute Gasteiger partial charge is 0.342 e. The molecule has 19 heavy (non-hydrogen) atoms. The van der Waals surface area contributed by atoms with Crippen molar-refractivity contribution in [2.45, 2.75) is 25.2 Å². The van der Waals surface area contributed by atoms with Gasteiger partial charge in [0.15, 0.2) is 0 Å². The molecule has 1 amide bonds. The SMILES string of the molecule is O=C(Cc1cccc(Br)c1F)N1CCC(F)(F)CC1. The number of nitrogens with zero attached hydrogens (tertiary/aromatic N) is 1. The fourth-order valence-corrected chi connectivity index (χ4v) is 2.45. The molecule has 1 aliphatic heterocycles. The maximum absolute atomic E-state index is 13.7. The molecule has 0 aliphatic carbocycles. The van der Waals surface area contributed by atoms with E-state index in [2.05, 4.69) is 15.9 Å². The molecule has 0 N–H and O–H groups in total. The van der Waals surface area contributed by atoms with Crippen molar-refractivity contribution < 1.29 is 18.0 Å². The smallest absolute Gasteiger partial charge is 0.251 e. The van der Waals surface area contributed by atoms with Gasteiger partial charge in [0.2, 0.25) is 5.91 Å². The van der Waals surface area contributed by atoms with Gasteiger partial charge in [0.25, 0.3) is 5.92 Å². The number of halogens is 4. The van der Waals surface area contributed by atoms with Gasteiger partial charge in [-0.1, -0.05) is 12.1 Å². The Morgan fingerprint density at radius 3 is 2.58 bits per heavy atom. The minimum absolute atomic E-state index is 0.0292. The Balaban J connectivity index is 2.00. The zero-order valence-corrected chi connectivity index (χ0v) is 11.7. The van der Waals surface area contributed by atoms with E-state index in [0.29, 0.717) is 4.47 Å². The van der Waals surface area contributed by atoms with Crippen molar-refractivity contribution in [2.24, 2.45) is 0 Å². The molecule has 6 heteroatoms. The molecule has 0 spiro atoms. The maximum atomic E-state index is 13.7. The Morgan fingerprint density at radius 2 is 1.95 bits per heavy atom. The first-order chi connectivity index (χ1) is 8.89. The van der Waals surface area contributed by atoms with Crippen LogP contribution in [0.1, 0.15) is 18.4 Å². The monoisotopic (exact) mass is 335 g/mol. The molecule has 0 aromatic heterocycles. The third kappa shape index (κ3) is 3.49. The first-order valence-electron chi connectivity index (χ1n) is 5.97. The standard InChI is InChI=1S/C13H13BrF3NO/c14-10-3-1-2-9(12(10)15)8-11(19)18-6-4-13(16,17)5-7-18/h1-3H,4-8H2.